The number of rotatable bonds is 9. The zero-order valence-electron chi connectivity index (χ0n) is 20.8. The van der Waals surface area contributed by atoms with E-state index < -0.39 is 12.3 Å². The van der Waals surface area contributed by atoms with Gasteiger partial charge >= 0.3 is 6.03 Å². The lowest BCUT2D eigenvalue weighted by Crippen LogP contribution is -2.43. The van der Waals surface area contributed by atoms with Crippen LogP contribution in [0.3, 0.4) is 0 Å². The van der Waals surface area contributed by atoms with Gasteiger partial charge < -0.3 is 30.1 Å². The highest BCUT2D eigenvalue weighted by Gasteiger charge is 2.31. The van der Waals surface area contributed by atoms with Gasteiger partial charge in [-0.15, -0.1) is 0 Å². The fraction of sp³-hybridized carbons (Fsp3) is 0.556. The van der Waals surface area contributed by atoms with Crippen LogP contribution in [-0.4, -0.2) is 94.2 Å². The average molecular weight is 496 g/mol. The van der Waals surface area contributed by atoms with Crippen molar-refractivity contribution < 1.29 is 19.7 Å². The number of urea groups is 1. The Morgan fingerprint density at radius 1 is 1.00 bits per heavy atom. The molecule has 4 heterocycles. The molecule has 3 aliphatic rings. The van der Waals surface area contributed by atoms with E-state index in [1.807, 2.05) is 12.1 Å². The number of fused-ring (bicyclic) bond motifs is 1. The van der Waals surface area contributed by atoms with E-state index >= 15 is 0 Å². The Morgan fingerprint density at radius 2 is 1.78 bits per heavy atom. The van der Waals surface area contributed by atoms with Gasteiger partial charge in [0.25, 0.3) is 0 Å². The topological polar surface area (TPSA) is 101 Å². The van der Waals surface area contributed by atoms with Crippen molar-refractivity contribution in [3.8, 4) is 0 Å². The monoisotopic (exact) mass is 495 g/mol. The maximum atomic E-state index is 12.9. The number of amides is 2. The Labute approximate surface area is 212 Å². The van der Waals surface area contributed by atoms with Crippen molar-refractivity contribution in [2.24, 2.45) is 5.92 Å². The van der Waals surface area contributed by atoms with E-state index in [-0.39, 0.29) is 11.9 Å². The molecule has 2 aromatic rings. The predicted octanol–water partition coefficient (Wildman–Crippen LogP) is 1.90. The lowest BCUT2D eigenvalue weighted by atomic mass is 9.98. The maximum Gasteiger partial charge on any atom is 0.320 e. The number of hydrogen-bond donors (Lipinski definition) is 3. The summed E-state index contributed by atoms with van der Waals surface area (Å²) < 4.78 is 5.36. The van der Waals surface area contributed by atoms with Gasteiger partial charge in [-0.05, 0) is 42.5 Å². The third-order valence-corrected chi connectivity index (χ3v) is 7.50. The molecule has 0 saturated carbocycles. The lowest BCUT2D eigenvalue weighted by Gasteiger charge is -2.31. The number of carbonyl (C=O) groups is 1. The molecular weight excluding hydrogens is 458 g/mol. The summed E-state index contributed by atoms with van der Waals surface area (Å²) in [6.07, 6.45) is 3.18. The second-order valence-electron chi connectivity index (χ2n) is 10.1. The highest BCUT2D eigenvalue weighted by atomic mass is 16.5. The van der Waals surface area contributed by atoms with E-state index in [2.05, 4.69) is 39.5 Å². The second-order valence-corrected chi connectivity index (χ2v) is 10.1. The molecule has 9 heteroatoms. The molecule has 2 saturated heterocycles. The first-order valence-corrected chi connectivity index (χ1v) is 13.0. The second kappa shape index (κ2) is 11.6. The standard InChI is InChI=1S/C27H37N5O4/c33-25(18-30-10-7-20-3-1-2-4-22(20)16-30)19-32-12-11-31(27(32)35)17-24-6-5-23(15-28-24)29-26(34)21-8-13-36-14-9-21/h1-6,15,21,25-26,29,33-34H,7-14,16-19H2/t25-,26?/m1/s1. The van der Waals surface area contributed by atoms with Crippen molar-refractivity contribution in [3.63, 3.8) is 0 Å². The van der Waals surface area contributed by atoms with Gasteiger partial charge in [0.2, 0.25) is 0 Å². The number of benzene rings is 1. The molecule has 0 bridgehead atoms. The summed E-state index contributed by atoms with van der Waals surface area (Å²) in [5, 5.41) is 24.3. The van der Waals surface area contributed by atoms with E-state index in [0.29, 0.717) is 45.9 Å². The van der Waals surface area contributed by atoms with Crippen molar-refractivity contribution in [3.05, 3.63) is 59.4 Å². The zero-order chi connectivity index (χ0) is 24.9. The molecule has 2 amide bonds. The van der Waals surface area contributed by atoms with Crippen molar-refractivity contribution in [2.75, 3.05) is 51.3 Å². The minimum absolute atomic E-state index is 0.0584. The SMILES string of the molecule is O=C1N(Cc2ccc(NC(O)C3CCOCC3)cn2)CCN1C[C@H](O)CN1CCc2ccccc2C1. The quantitative estimate of drug-likeness (QED) is 0.457. The van der Waals surface area contributed by atoms with E-state index in [1.54, 1.807) is 16.0 Å². The Morgan fingerprint density at radius 3 is 2.56 bits per heavy atom. The van der Waals surface area contributed by atoms with Crippen molar-refractivity contribution in [2.45, 2.75) is 44.7 Å². The Hall–Kier alpha value is -2.72. The number of aliphatic hydroxyl groups excluding tert-OH is 2. The van der Waals surface area contributed by atoms with Crippen LogP contribution in [0.15, 0.2) is 42.6 Å². The number of carbonyl (C=O) groups excluding carboxylic acids is 1. The van der Waals surface area contributed by atoms with E-state index in [9.17, 15) is 15.0 Å². The number of nitrogens with one attached hydrogen (secondary N) is 1. The Bertz CT molecular complexity index is 1010. The Kier molecular flexibility index (Phi) is 8.01. The molecule has 1 unspecified atom stereocenters. The van der Waals surface area contributed by atoms with Crippen LogP contribution in [0.1, 0.15) is 29.7 Å². The number of pyridine rings is 1. The third kappa shape index (κ3) is 6.15. The Balaban J connectivity index is 1.07. The third-order valence-electron chi connectivity index (χ3n) is 7.50. The van der Waals surface area contributed by atoms with Crippen LogP contribution in [0.2, 0.25) is 0 Å². The number of aromatic nitrogens is 1. The smallest absolute Gasteiger partial charge is 0.320 e. The van der Waals surface area contributed by atoms with E-state index in [0.717, 1.165) is 43.7 Å². The van der Waals surface area contributed by atoms with Crippen molar-refractivity contribution in [1.29, 1.82) is 0 Å². The summed E-state index contributed by atoms with van der Waals surface area (Å²) in [4.78, 5) is 23.2. The van der Waals surface area contributed by atoms with Crippen molar-refractivity contribution >= 4 is 11.7 Å². The molecule has 9 nitrogen and oxygen atoms in total. The largest absolute Gasteiger partial charge is 0.390 e. The number of ether oxygens (including phenoxy) is 1. The van der Waals surface area contributed by atoms with Crippen LogP contribution in [-0.2, 0) is 24.2 Å². The number of hydrogen-bond acceptors (Lipinski definition) is 7. The molecule has 1 aromatic heterocycles. The summed E-state index contributed by atoms with van der Waals surface area (Å²) in [6, 6.07) is 12.2. The molecule has 194 valence electrons. The summed E-state index contributed by atoms with van der Waals surface area (Å²) in [6.45, 7) is 5.70. The molecule has 2 atom stereocenters. The minimum Gasteiger partial charge on any atom is -0.390 e. The molecule has 0 radical (unpaired) electrons. The molecule has 3 N–H and O–H groups in total. The van der Waals surface area contributed by atoms with E-state index in [4.69, 9.17) is 4.74 Å². The molecule has 2 fully saturated rings. The summed E-state index contributed by atoms with van der Waals surface area (Å²) >= 11 is 0. The lowest BCUT2D eigenvalue weighted by molar-refractivity contribution is 0.0184. The van der Waals surface area contributed by atoms with Crippen molar-refractivity contribution in [1.82, 2.24) is 19.7 Å². The first kappa shape index (κ1) is 25.0. The molecule has 3 aliphatic heterocycles. The highest BCUT2D eigenvalue weighted by Crippen LogP contribution is 2.22. The highest BCUT2D eigenvalue weighted by molar-refractivity contribution is 5.76. The first-order chi connectivity index (χ1) is 17.5. The van der Waals surface area contributed by atoms with Crippen LogP contribution in [0.25, 0.3) is 0 Å². The van der Waals surface area contributed by atoms with Crippen LogP contribution in [0.5, 0.6) is 0 Å². The van der Waals surface area contributed by atoms with Gasteiger partial charge in [0.15, 0.2) is 0 Å². The molecule has 36 heavy (non-hydrogen) atoms. The average Bonchev–Trinajstić information content (AvgIpc) is 3.24. The van der Waals surface area contributed by atoms with Gasteiger partial charge in [0, 0.05) is 58.4 Å². The number of β-amino-alcohol motifs (C(OH)–C–C–N with tert-alkyl or cyclic N) is 1. The number of nitrogens with zero attached hydrogens (tertiary/aromatic N) is 4. The van der Waals surface area contributed by atoms with Gasteiger partial charge in [0.1, 0.15) is 6.23 Å². The van der Waals surface area contributed by atoms with E-state index in [1.165, 1.54) is 11.1 Å². The first-order valence-electron chi connectivity index (χ1n) is 13.0. The maximum absolute atomic E-state index is 12.9. The molecular formula is C27H37N5O4. The normalized spacial score (nSPS) is 20.9. The van der Waals surface area contributed by atoms with Gasteiger partial charge in [0.05, 0.1) is 30.2 Å². The number of anilines is 1. The van der Waals surface area contributed by atoms with Crippen LogP contribution in [0, 0.1) is 5.92 Å². The number of aliphatic hydroxyl groups is 2. The fourth-order valence-corrected chi connectivity index (χ4v) is 5.39. The fourth-order valence-electron chi connectivity index (χ4n) is 5.39. The van der Waals surface area contributed by atoms with Gasteiger partial charge in [-0.1, -0.05) is 24.3 Å². The summed E-state index contributed by atoms with van der Waals surface area (Å²) in [7, 11) is 0. The molecule has 0 aliphatic carbocycles. The van der Waals surface area contributed by atoms with Crippen LogP contribution < -0.4 is 5.32 Å². The van der Waals surface area contributed by atoms with Crippen LogP contribution >= 0.6 is 0 Å². The zero-order valence-corrected chi connectivity index (χ0v) is 20.8. The molecule has 5 rings (SSSR count). The predicted molar refractivity (Wildman–Crippen MR) is 136 cm³/mol. The van der Waals surface area contributed by atoms with Gasteiger partial charge in [-0.3, -0.25) is 9.88 Å². The minimum atomic E-state index is -0.624. The van der Waals surface area contributed by atoms with Gasteiger partial charge in [-0.2, -0.15) is 0 Å². The summed E-state index contributed by atoms with van der Waals surface area (Å²) in [5.74, 6) is 0.174. The molecule has 0 spiro atoms. The van der Waals surface area contributed by atoms with Gasteiger partial charge in [-0.25, -0.2) is 4.79 Å². The summed E-state index contributed by atoms with van der Waals surface area (Å²) in [5.41, 5.74) is 4.27. The van der Waals surface area contributed by atoms with Crippen LogP contribution in [0.4, 0.5) is 10.5 Å². The molecule has 1 aromatic carbocycles.